The second-order valence-corrected chi connectivity index (χ2v) is 5.11. The van der Waals surface area contributed by atoms with Gasteiger partial charge >= 0.3 is 0 Å². The van der Waals surface area contributed by atoms with Crippen LogP contribution < -0.4 is 4.74 Å². The first-order valence-electron chi connectivity index (χ1n) is 7.00. The first-order valence-corrected chi connectivity index (χ1v) is 7.00. The van der Waals surface area contributed by atoms with Crippen molar-refractivity contribution in [2.24, 2.45) is 0 Å². The van der Waals surface area contributed by atoms with Gasteiger partial charge in [0.1, 0.15) is 17.7 Å². The maximum Gasteiger partial charge on any atom is 0.251 e. The van der Waals surface area contributed by atoms with Crippen molar-refractivity contribution in [1.82, 2.24) is 15.1 Å². The molecule has 1 aliphatic heterocycles. The van der Waals surface area contributed by atoms with Crippen LogP contribution in [-0.4, -0.2) is 34.3 Å². The summed E-state index contributed by atoms with van der Waals surface area (Å²) in [6.45, 7) is 2.75. The number of nitrogens with zero attached hydrogens (tertiary/aromatic N) is 4. The van der Waals surface area contributed by atoms with E-state index in [4.69, 9.17) is 10.00 Å². The zero-order chi connectivity index (χ0) is 14.5. The highest BCUT2D eigenvalue weighted by Crippen LogP contribution is 2.20. The van der Waals surface area contributed by atoms with E-state index in [0.29, 0.717) is 11.4 Å². The number of nitriles is 1. The average Bonchev–Trinajstić information content (AvgIpc) is 2.96. The third-order valence-corrected chi connectivity index (χ3v) is 3.56. The van der Waals surface area contributed by atoms with Gasteiger partial charge in [-0.25, -0.2) is 0 Å². The molecule has 0 N–H and O–H groups in total. The van der Waals surface area contributed by atoms with E-state index >= 15 is 0 Å². The molecule has 1 unspecified atom stereocenters. The van der Waals surface area contributed by atoms with Gasteiger partial charge in [-0.2, -0.15) is 10.4 Å². The van der Waals surface area contributed by atoms with E-state index < -0.39 is 0 Å². The van der Waals surface area contributed by atoms with Crippen molar-refractivity contribution >= 4 is 0 Å². The molecule has 1 aromatic carbocycles. The molecule has 1 aromatic heterocycles. The molecule has 106 valence electrons. The van der Waals surface area contributed by atoms with E-state index in [2.05, 4.69) is 45.4 Å². The molecular formula is C16H16N4O. The lowest BCUT2D eigenvalue weighted by Gasteiger charge is -2.16. The number of likely N-dealkylation sites (tertiary alicyclic amines) is 1. The molecule has 1 fully saturated rings. The topological polar surface area (TPSA) is 62.0 Å². The van der Waals surface area contributed by atoms with Crippen molar-refractivity contribution in [1.29, 1.82) is 5.26 Å². The molecule has 1 saturated heterocycles. The summed E-state index contributed by atoms with van der Waals surface area (Å²) in [4.78, 5) is 2.35. The quantitative estimate of drug-likeness (QED) is 0.857. The van der Waals surface area contributed by atoms with Crippen molar-refractivity contribution < 1.29 is 4.74 Å². The molecule has 3 rings (SSSR count). The zero-order valence-corrected chi connectivity index (χ0v) is 11.6. The van der Waals surface area contributed by atoms with Crippen LogP contribution in [-0.2, 0) is 6.54 Å². The Morgan fingerprint density at radius 2 is 2.14 bits per heavy atom. The van der Waals surface area contributed by atoms with Gasteiger partial charge in [-0.1, -0.05) is 30.3 Å². The number of ether oxygens (including phenoxy) is 1. The highest BCUT2D eigenvalue weighted by molar-refractivity contribution is 5.35. The third kappa shape index (κ3) is 3.36. The largest absolute Gasteiger partial charge is 0.471 e. The molecular weight excluding hydrogens is 264 g/mol. The van der Waals surface area contributed by atoms with Crippen LogP contribution in [0.2, 0.25) is 0 Å². The SMILES string of the molecule is N#Cc1ccnnc1OC1CCN(Cc2ccccc2)C1. The second-order valence-electron chi connectivity index (χ2n) is 5.11. The fourth-order valence-electron chi connectivity index (χ4n) is 2.53. The lowest BCUT2D eigenvalue weighted by molar-refractivity contribution is 0.189. The van der Waals surface area contributed by atoms with Crippen molar-refractivity contribution in [3.63, 3.8) is 0 Å². The summed E-state index contributed by atoms with van der Waals surface area (Å²) >= 11 is 0. The molecule has 1 atom stereocenters. The first-order chi connectivity index (χ1) is 10.3. The van der Waals surface area contributed by atoms with E-state index in [-0.39, 0.29) is 6.10 Å². The van der Waals surface area contributed by atoms with Crippen molar-refractivity contribution in [2.75, 3.05) is 13.1 Å². The van der Waals surface area contributed by atoms with Crippen LogP contribution >= 0.6 is 0 Å². The van der Waals surface area contributed by atoms with Gasteiger partial charge in [0.2, 0.25) is 0 Å². The van der Waals surface area contributed by atoms with Crippen LogP contribution in [0.15, 0.2) is 42.6 Å². The van der Waals surface area contributed by atoms with Crippen molar-refractivity contribution in [2.45, 2.75) is 19.1 Å². The van der Waals surface area contributed by atoms with E-state index in [1.165, 1.54) is 11.8 Å². The molecule has 0 bridgehead atoms. The Bertz CT molecular complexity index is 638. The molecule has 5 nitrogen and oxygen atoms in total. The van der Waals surface area contributed by atoms with Crippen molar-refractivity contribution in [3.05, 3.63) is 53.7 Å². The van der Waals surface area contributed by atoms with Crippen LogP contribution in [0.1, 0.15) is 17.5 Å². The van der Waals surface area contributed by atoms with Gasteiger partial charge in [0, 0.05) is 19.6 Å². The Balaban J connectivity index is 1.59. The fourth-order valence-corrected chi connectivity index (χ4v) is 2.53. The van der Waals surface area contributed by atoms with E-state index in [9.17, 15) is 0 Å². The van der Waals surface area contributed by atoms with Gasteiger partial charge < -0.3 is 4.74 Å². The van der Waals surface area contributed by atoms with Crippen LogP contribution in [0, 0.1) is 11.3 Å². The highest BCUT2D eigenvalue weighted by Gasteiger charge is 2.25. The molecule has 0 spiro atoms. The Morgan fingerprint density at radius 3 is 2.95 bits per heavy atom. The Morgan fingerprint density at radius 1 is 1.29 bits per heavy atom. The van der Waals surface area contributed by atoms with Crippen LogP contribution in [0.3, 0.4) is 0 Å². The monoisotopic (exact) mass is 280 g/mol. The molecule has 21 heavy (non-hydrogen) atoms. The smallest absolute Gasteiger partial charge is 0.251 e. The summed E-state index contributed by atoms with van der Waals surface area (Å²) in [5.41, 5.74) is 1.74. The minimum Gasteiger partial charge on any atom is -0.471 e. The molecule has 2 heterocycles. The van der Waals surface area contributed by atoms with Crippen LogP contribution in [0.25, 0.3) is 0 Å². The van der Waals surface area contributed by atoms with Gasteiger partial charge in [0.15, 0.2) is 0 Å². The number of hydrogen-bond donors (Lipinski definition) is 0. The molecule has 0 saturated carbocycles. The lowest BCUT2D eigenvalue weighted by atomic mass is 10.2. The van der Waals surface area contributed by atoms with E-state index in [1.54, 1.807) is 6.07 Å². The summed E-state index contributed by atoms with van der Waals surface area (Å²) in [6, 6.07) is 14.1. The molecule has 0 radical (unpaired) electrons. The first kappa shape index (κ1) is 13.5. The number of rotatable bonds is 4. The van der Waals surface area contributed by atoms with Gasteiger partial charge in [-0.05, 0) is 18.1 Å². The maximum atomic E-state index is 9.03. The second kappa shape index (κ2) is 6.33. The van der Waals surface area contributed by atoms with Gasteiger partial charge in [-0.15, -0.1) is 5.10 Å². The number of aromatic nitrogens is 2. The van der Waals surface area contributed by atoms with Gasteiger partial charge in [0.25, 0.3) is 5.88 Å². The maximum absolute atomic E-state index is 9.03. The molecule has 0 amide bonds. The minimum atomic E-state index is 0.0671. The standard InChI is InChI=1S/C16H16N4O/c17-10-14-6-8-18-19-16(14)21-15-7-9-20(12-15)11-13-4-2-1-3-5-13/h1-6,8,15H,7,9,11-12H2. The lowest BCUT2D eigenvalue weighted by Crippen LogP contribution is -2.25. The van der Waals surface area contributed by atoms with Crippen LogP contribution in [0.5, 0.6) is 5.88 Å². The summed E-state index contributed by atoms with van der Waals surface area (Å²) < 4.78 is 5.83. The van der Waals surface area contributed by atoms with Gasteiger partial charge in [-0.3, -0.25) is 4.90 Å². The summed E-state index contributed by atoms with van der Waals surface area (Å²) in [6.07, 6.45) is 2.51. The molecule has 1 aliphatic rings. The third-order valence-electron chi connectivity index (χ3n) is 3.56. The average molecular weight is 280 g/mol. The molecule has 0 aliphatic carbocycles. The van der Waals surface area contributed by atoms with Gasteiger partial charge in [0.05, 0.1) is 6.20 Å². The molecule has 5 heteroatoms. The normalized spacial score (nSPS) is 18.3. The summed E-state index contributed by atoms with van der Waals surface area (Å²) in [5, 5.41) is 16.7. The summed E-state index contributed by atoms with van der Waals surface area (Å²) in [7, 11) is 0. The van der Waals surface area contributed by atoms with Crippen LogP contribution in [0.4, 0.5) is 0 Å². The molecule has 2 aromatic rings. The van der Waals surface area contributed by atoms with Crippen molar-refractivity contribution in [3.8, 4) is 11.9 Å². The zero-order valence-electron chi connectivity index (χ0n) is 11.6. The Hall–Kier alpha value is -2.45. The predicted molar refractivity (Wildman–Crippen MR) is 77.5 cm³/mol. The number of benzene rings is 1. The minimum absolute atomic E-state index is 0.0671. The number of hydrogen-bond acceptors (Lipinski definition) is 5. The van der Waals surface area contributed by atoms with E-state index in [1.807, 2.05) is 6.07 Å². The van der Waals surface area contributed by atoms with E-state index in [0.717, 1.165) is 26.1 Å². The fraction of sp³-hybridized carbons (Fsp3) is 0.312. The highest BCUT2D eigenvalue weighted by atomic mass is 16.5. The Kier molecular flexibility index (Phi) is 4.08. The summed E-state index contributed by atoms with van der Waals surface area (Å²) in [5.74, 6) is 0.339. The Labute approximate surface area is 123 Å². The predicted octanol–water partition coefficient (Wildman–Crippen LogP) is 2.00.